The van der Waals surface area contributed by atoms with Gasteiger partial charge >= 0.3 is 0 Å². The Bertz CT molecular complexity index is 993. The molecule has 0 radical (unpaired) electrons. The van der Waals surface area contributed by atoms with Crippen molar-refractivity contribution in [3.63, 3.8) is 0 Å². The van der Waals surface area contributed by atoms with Crippen LogP contribution in [-0.4, -0.2) is 8.07 Å². The molecule has 3 aromatic rings. The molecular weight excluding hydrogens is 370 g/mol. The Hall–Kier alpha value is -3.65. The predicted octanol–water partition coefficient (Wildman–Crippen LogP) is 3.57. The van der Waals surface area contributed by atoms with Crippen molar-refractivity contribution in [3.8, 4) is 18.2 Å². The van der Waals surface area contributed by atoms with Gasteiger partial charge in [-0.15, -0.1) is 0 Å². The fourth-order valence-corrected chi connectivity index (χ4v) is 9.78. The monoisotopic (exact) mass is 391 g/mol. The van der Waals surface area contributed by atoms with Crippen molar-refractivity contribution in [1.82, 2.24) is 0 Å². The molecule has 0 saturated heterocycles. The molecule has 0 amide bonds. The Morgan fingerprint density at radius 1 is 0.517 bits per heavy atom. The molecule has 3 rings (SSSR count). The summed E-state index contributed by atoms with van der Waals surface area (Å²) in [5, 5.41) is 31.2. The van der Waals surface area contributed by atoms with Crippen LogP contribution >= 0.6 is 0 Å². The highest BCUT2D eigenvalue weighted by atomic mass is 28.3. The number of nitriles is 3. The number of hydrogen-bond donors (Lipinski definition) is 0. The number of nitrogens with zero attached hydrogens (tertiary/aromatic N) is 3. The normalized spacial score (nSPS) is 11.2. The van der Waals surface area contributed by atoms with E-state index in [0.29, 0.717) is 16.7 Å². The highest BCUT2D eigenvalue weighted by molar-refractivity contribution is 7.13. The van der Waals surface area contributed by atoms with E-state index in [1.165, 1.54) is 15.6 Å². The van der Waals surface area contributed by atoms with Gasteiger partial charge in [0.1, 0.15) is 0 Å². The fourth-order valence-electron chi connectivity index (χ4n) is 4.18. The molecule has 3 nitrogen and oxygen atoms in total. The van der Waals surface area contributed by atoms with Gasteiger partial charge in [-0.3, -0.25) is 0 Å². The van der Waals surface area contributed by atoms with E-state index in [9.17, 15) is 15.8 Å². The van der Waals surface area contributed by atoms with E-state index in [2.05, 4.69) is 75.4 Å². The van der Waals surface area contributed by atoms with E-state index >= 15 is 0 Å². The molecule has 0 spiro atoms. The van der Waals surface area contributed by atoms with Gasteiger partial charge in [-0.05, 0) is 57.0 Å². The van der Waals surface area contributed by atoms with Gasteiger partial charge in [-0.25, -0.2) is 0 Å². The first-order valence-corrected chi connectivity index (χ1v) is 11.4. The molecule has 0 aliphatic heterocycles. The number of rotatable bonds is 3. The van der Waals surface area contributed by atoms with Crippen LogP contribution < -0.4 is 15.6 Å². The third-order valence-corrected chi connectivity index (χ3v) is 11.3. The van der Waals surface area contributed by atoms with Crippen LogP contribution in [0.15, 0.2) is 72.8 Å². The molecule has 3 aromatic carbocycles. The fraction of sp³-hybridized carbons (Fsp3) is 0.160. The van der Waals surface area contributed by atoms with E-state index < -0.39 is 8.07 Å². The molecule has 0 bridgehead atoms. The lowest BCUT2D eigenvalue weighted by atomic mass is 10.2. The summed E-state index contributed by atoms with van der Waals surface area (Å²) in [5.41, 5.74) is 1.89. The summed E-state index contributed by atoms with van der Waals surface area (Å²) in [6.07, 6.45) is 0. The minimum atomic E-state index is -2.56. The zero-order valence-electron chi connectivity index (χ0n) is 16.8. The Morgan fingerprint density at radius 2 is 0.759 bits per heavy atom. The number of hydrogen-bond acceptors (Lipinski definition) is 3. The molecule has 0 aliphatic rings. The van der Waals surface area contributed by atoms with Crippen LogP contribution in [0.5, 0.6) is 0 Å². The third kappa shape index (κ3) is 3.45. The minimum absolute atomic E-state index is 0.108. The highest BCUT2D eigenvalue weighted by Gasteiger charge is 2.49. The highest BCUT2D eigenvalue weighted by Crippen LogP contribution is 2.36. The van der Waals surface area contributed by atoms with E-state index in [-0.39, 0.29) is 5.04 Å². The van der Waals surface area contributed by atoms with Gasteiger partial charge in [-0.1, -0.05) is 57.2 Å². The lowest BCUT2D eigenvalue weighted by molar-refractivity contribution is 0.739. The SMILES string of the molecule is CC(C)(C)[Si](c1ccc(C#N)cc1)(c1ccc(C#N)cc1)c1ccc(C#N)cc1. The first-order valence-electron chi connectivity index (χ1n) is 9.38. The Balaban J connectivity index is 2.39. The van der Waals surface area contributed by atoms with Crippen LogP contribution in [0.1, 0.15) is 37.5 Å². The van der Waals surface area contributed by atoms with E-state index in [0.717, 1.165) is 0 Å². The maximum Gasteiger partial charge on any atom is 0.153 e. The van der Waals surface area contributed by atoms with Crippen molar-refractivity contribution in [2.24, 2.45) is 0 Å². The third-order valence-electron chi connectivity index (χ3n) is 5.47. The lowest BCUT2D eigenvalue weighted by Crippen LogP contribution is -2.72. The van der Waals surface area contributed by atoms with Crippen LogP contribution in [0.2, 0.25) is 5.04 Å². The maximum absolute atomic E-state index is 9.24. The molecule has 0 saturated carbocycles. The van der Waals surface area contributed by atoms with Crippen molar-refractivity contribution in [3.05, 3.63) is 89.5 Å². The summed E-state index contributed by atoms with van der Waals surface area (Å²) >= 11 is 0. The summed E-state index contributed by atoms with van der Waals surface area (Å²) in [6, 6.07) is 30.2. The summed E-state index contributed by atoms with van der Waals surface area (Å²) in [5.74, 6) is 0. The molecule has 0 aliphatic carbocycles. The van der Waals surface area contributed by atoms with Gasteiger partial charge in [0, 0.05) is 0 Å². The second kappa shape index (κ2) is 7.76. The van der Waals surface area contributed by atoms with Crippen molar-refractivity contribution < 1.29 is 0 Å². The van der Waals surface area contributed by atoms with Gasteiger partial charge in [0.2, 0.25) is 0 Å². The molecule has 0 N–H and O–H groups in total. The molecular formula is C25H21N3Si. The van der Waals surface area contributed by atoms with Crippen LogP contribution in [0.25, 0.3) is 0 Å². The lowest BCUT2D eigenvalue weighted by Gasteiger charge is -2.44. The van der Waals surface area contributed by atoms with Crippen LogP contribution in [-0.2, 0) is 0 Å². The van der Waals surface area contributed by atoms with Crippen molar-refractivity contribution >= 4 is 23.6 Å². The molecule has 0 fully saturated rings. The maximum atomic E-state index is 9.24. The van der Waals surface area contributed by atoms with Crippen molar-refractivity contribution in [2.45, 2.75) is 25.8 Å². The summed E-state index contributed by atoms with van der Waals surface area (Å²) in [4.78, 5) is 0. The summed E-state index contributed by atoms with van der Waals surface area (Å²) in [6.45, 7) is 6.73. The topological polar surface area (TPSA) is 71.4 Å². The first-order chi connectivity index (χ1) is 13.9. The average molecular weight is 392 g/mol. The van der Waals surface area contributed by atoms with Crippen molar-refractivity contribution in [1.29, 1.82) is 15.8 Å². The van der Waals surface area contributed by atoms with E-state index in [1.807, 2.05) is 36.4 Å². The molecule has 0 atom stereocenters. The molecule has 0 aromatic heterocycles. The van der Waals surface area contributed by atoms with Crippen LogP contribution in [0.4, 0.5) is 0 Å². The average Bonchev–Trinajstić information content (AvgIpc) is 2.74. The van der Waals surface area contributed by atoms with Crippen molar-refractivity contribution in [2.75, 3.05) is 0 Å². The van der Waals surface area contributed by atoms with Crippen LogP contribution in [0.3, 0.4) is 0 Å². The molecule has 0 heterocycles. The second-order valence-corrected chi connectivity index (χ2v) is 12.8. The Morgan fingerprint density at radius 3 is 0.931 bits per heavy atom. The van der Waals surface area contributed by atoms with E-state index in [1.54, 1.807) is 0 Å². The molecule has 0 unspecified atom stereocenters. The number of benzene rings is 3. The largest absolute Gasteiger partial charge is 0.192 e. The zero-order chi connectivity index (χ0) is 21.1. The predicted molar refractivity (Wildman–Crippen MR) is 118 cm³/mol. The van der Waals surface area contributed by atoms with Gasteiger partial charge in [-0.2, -0.15) is 15.8 Å². The summed E-state index contributed by atoms with van der Waals surface area (Å²) < 4.78 is 0. The quantitative estimate of drug-likeness (QED) is 0.506. The Labute approximate surface area is 173 Å². The molecule has 140 valence electrons. The smallest absolute Gasteiger partial charge is 0.153 e. The van der Waals surface area contributed by atoms with Gasteiger partial charge < -0.3 is 0 Å². The van der Waals surface area contributed by atoms with Gasteiger partial charge in [0.15, 0.2) is 8.07 Å². The van der Waals surface area contributed by atoms with Gasteiger partial charge in [0.05, 0.1) is 34.9 Å². The minimum Gasteiger partial charge on any atom is -0.192 e. The molecule has 29 heavy (non-hydrogen) atoms. The first kappa shape index (κ1) is 20.1. The van der Waals surface area contributed by atoms with Crippen LogP contribution in [0, 0.1) is 34.0 Å². The van der Waals surface area contributed by atoms with E-state index in [4.69, 9.17) is 0 Å². The zero-order valence-corrected chi connectivity index (χ0v) is 17.8. The van der Waals surface area contributed by atoms with Gasteiger partial charge in [0.25, 0.3) is 0 Å². The summed E-state index contributed by atoms with van der Waals surface area (Å²) in [7, 11) is -2.56. The second-order valence-electron chi connectivity index (χ2n) is 8.07. The standard InChI is InChI=1S/C25H21N3Si/c1-25(2,3)29(22-10-4-19(16-26)5-11-22,23-12-6-20(17-27)7-13-23)24-14-8-21(18-28)9-15-24/h4-15H,1-3H3. The Kier molecular flexibility index (Phi) is 5.38. The molecule has 4 heteroatoms.